The number of amides is 1. The average molecular weight is 204 g/mol. The van der Waals surface area contributed by atoms with Crippen molar-refractivity contribution in [2.75, 3.05) is 11.4 Å². The Morgan fingerprint density at radius 3 is 2.67 bits per heavy atom. The van der Waals surface area contributed by atoms with Crippen LogP contribution in [0.4, 0.5) is 5.82 Å². The summed E-state index contributed by atoms with van der Waals surface area (Å²) in [6.45, 7) is 5.09. The molecule has 1 amide bonds. The molecule has 1 aliphatic heterocycles. The molecule has 2 rings (SSSR count). The molecule has 0 aromatic carbocycles. The lowest BCUT2D eigenvalue weighted by atomic mass is 10.1. The SMILES string of the molecule is CC(C)c1ccc(N2CCCC2=O)nc1. The third-order valence-electron chi connectivity index (χ3n) is 2.79. The molecule has 1 fully saturated rings. The standard InChI is InChI=1S/C12H16N2O/c1-9(2)10-5-6-11(13-8-10)14-7-3-4-12(14)15/h5-6,8-9H,3-4,7H2,1-2H3. The maximum atomic E-state index is 11.5. The summed E-state index contributed by atoms with van der Waals surface area (Å²) in [5.74, 6) is 1.47. The molecule has 1 aromatic rings. The normalized spacial score (nSPS) is 16.5. The van der Waals surface area contributed by atoms with E-state index >= 15 is 0 Å². The molecule has 15 heavy (non-hydrogen) atoms. The van der Waals surface area contributed by atoms with E-state index in [9.17, 15) is 4.79 Å². The highest BCUT2D eigenvalue weighted by Crippen LogP contribution is 2.21. The van der Waals surface area contributed by atoms with Crippen molar-refractivity contribution in [1.29, 1.82) is 0 Å². The minimum absolute atomic E-state index is 0.194. The zero-order chi connectivity index (χ0) is 10.8. The fourth-order valence-electron chi connectivity index (χ4n) is 1.79. The molecule has 0 saturated carbocycles. The Morgan fingerprint density at radius 1 is 1.40 bits per heavy atom. The van der Waals surface area contributed by atoms with Crippen molar-refractivity contribution in [2.24, 2.45) is 0 Å². The largest absolute Gasteiger partial charge is 0.297 e. The third kappa shape index (κ3) is 2.01. The maximum absolute atomic E-state index is 11.5. The first-order chi connectivity index (χ1) is 7.18. The molecule has 0 aliphatic carbocycles. The number of rotatable bonds is 2. The van der Waals surface area contributed by atoms with Gasteiger partial charge in [-0.2, -0.15) is 0 Å². The minimum Gasteiger partial charge on any atom is -0.297 e. The first-order valence-electron chi connectivity index (χ1n) is 5.45. The number of pyridine rings is 1. The van der Waals surface area contributed by atoms with Crippen LogP contribution in [0.15, 0.2) is 18.3 Å². The quantitative estimate of drug-likeness (QED) is 0.740. The second-order valence-electron chi connectivity index (χ2n) is 4.25. The van der Waals surface area contributed by atoms with Gasteiger partial charge in [-0.25, -0.2) is 4.98 Å². The van der Waals surface area contributed by atoms with Crippen molar-refractivity contribution in [1.82, 2.24) is 4.98 Å². The molecule has 1 aromatic heterocycles. The summed E-state index contributed by atoms with van der Waals surface area (Å²) in [6, 6.07) is 4.00. The van der Waals surface area contributed by atoms with Crippen LogP contribution in [0, 0.1) is 0 Å². The van der Waals surface area contributed by atoms with Gasteiger partial charge in [-0.05, 0) is 24.0 Å². The molecule has 1 aliphatic rings. The lowest BCUT2D eigenvalue weighted by Gasteiger charge is -2.15. The van der Waals surface area contributed by atoms with E-state index in [1.54, 1.807) is 4.90 Å². The van der Waals surface area contributed by atoms with Gasteiger partial charge in [0, 0.05) is 19.2 Å². The Bertz CT molecular complexity index is 356. The van der Waals surface area contributed by atoms with Crippen molar-refractivity contribution in [2.45, 2.75) is 32.6 Å². The molecule has 0 N–H and O–H groups in total. The first-order valence-corrected chi connectivity index (χ1v) is 5.45. The Hall–Kier alpha value is -1.38. The predicted octanol–water partition coefficient (Wildman–Crippen LogP) is 2.33. The van der Waals surface area contributed by atoms with E-state index in [-0.39, 0.29) is 5.91 Å². The Labute approximate surface area is 90.1 Å². The van der Waals surface area contributed by atoms with E-state index in [1.807, 2.05) is 12.3 Å². The van der Waals surface area contributed by atoms with Crippen LogP contribution in [-0.4, -0.2) is 17.4 Å². The molecule has 0 radical (unpaired) electrons. The summed E-state index contributed by atoms with van der Waals surface area (Å²) >= 11 is 0. The molecule has 80 valence electrons. The average Bonchev–Trinajstić information content (AvgIpc) is 2.65. The predicted molar refractivity (Wildman–Crippen MR) is 59.9 cm³/mol. The van der Waals surface area contributed by atoms with Gasteiger partial charge in [-0.15, -0.1) is 0 Å². The van der Waals surface area contributed by atoms with E-state index < -0.39 is 0 Å². The Kier molecular flexibility index (Phi) is 2.71. The third-order valence-corrected chi connectivity index (χ3v) is 2.79. The molecule has 3 nitrogen and oxygen atoms in total. The topological polar surface area (TPSA) is 33.2 Å². The summed E-state index contributed by atoms with van der Waals surface area (Å²) in [7, 11) is 0. The Balaban J connectivity index is 2.19. The molecule has 3 heteroatoms. The van der Waals surface area contributed by atoms with E-state index in [0.717, 1.165) is 18.8 Å². The number of nitrogens with zero attached hydrogens (tertiary/aromatic N) is 2. The fourth-order valence-corrected chi connectivity index (χ4v) is 1.79. The smallest absolute Gasteiger partial charge is 0.228 e. The van der Waals surface area contributed by atoms with Crippen LogP contribution in [0.5, 0.6) is 0 Å². The number of carbonyl (C=O) groups is 1. The molecular formula is C12H16N2O. The van der Waals surface area contributed by atoms with Gasteiger partial charge in [-0.1, -0.05) is 19.9 Å². The maximum Gasteiger partial charge on any atom is 0.228 e. The summed E-state index contributed by atoms with van der Waals surface area (Å²) in [4.78, 5) is 17.6. The second kappa shape index (κ2) is 4.01. The summed E-state index contributed by atoms with van der Waals surface area (Å²) in [5.41, 5.74) is 1.21. The van der Waals surface area contributed by atoms with Gasteiger partial charge >= 0.3 is 0 Å². The van der Waals surface area contributed by atoms with Gasteiger partial charge in [-0.3, -0.25) is 9.69 Å². The highest BCUT2D eigenvalue weighted by molar-refractivity contribution is 5.94. The number of aromatic nitrogens is 1. The zero-order valence-corrected chi connectivity index (χ0v) is 9.23. The monoisotopic (exact) mass is 204 g/mol. The fraction of sp³-hybridized carbons (Fsp3) is 0.500. The summed E-state index contributed by atoms with van der Waals surface area (Å²) in [5, 5.41) is 0. The van der Waals surface area contributed by atoms with Gasteiger partial charge in [0.1, 0.15) is 5.82 Å². The van der Waals surface area contributed by atoms with Crippen molar-refractivity contribution >= 4 is 11.7 Å². The van der Waals surface area contributed by atoms with Gasteiger partial charge in [0.2, 0.25) is 5.91 Å². The van der Waals surface area contributed by atoms with Crippen LogP contribution in [0.3, 0.4) is 0 Å². The zero-order valence-electron chi connectivity index (χ0n) is 9.23. The molecule has 0 unspecified atom stereocenters. The summed E-state index contributed by atoms with van der Waals surface area (Å²) < 4.78 is 0. The van der Waals surface area contributed by atoms with E-state index in [0.29, 0.717) is 12.3 Å². The highest BCUT2D eigenvalue weighted by atomic mass is 16.2. The molecule has 0 atom stereocenters. The Morgan fingerprint density at radius 2 is 2.20 bits per heavy atom. The minimum atomic E-state index is 0.194. The van der Waals surface area contributed by atoms with Crippen LogP contribution in [0.2, 0.25) is 0 Å². The van der Waals surface area contributed by atoms with E-state index in [2.05, 4.69) is 24.9 Å². The van der Waals surface area contributed by atoms with Crippen LogP contribution >= 0.6 is 0 Å². The lowest BCUT2D eigenvalue weighted by Crippen LogP contribution is -2.24. The van der Waals surface area contributed by atoms with Crippen molar-refractivity contribution in [3.8, 4) is 0 Å². The number of hydrogen-bond acceptors (Lipinski definition) is 2. The lowest BCUT2D eigenvalue weighted by molar-refractivity contribution is -0.117. The van der Waals surface area contributed by atoms with Gasteiger partial charge in [0.05, 0.1) is 0 Å². The molecule has 1 saturated heterocycles. The van der Waals surface area contributed by atoms with Crippen molar-refractivity contribution in [3.63, 3.8) is 0 Å². The number of carbonyl (C=O) groups excluding carboxylic acids is 1. The van der Waals surface area contributed by atoms with E-state index in [1.165, 1.54) is 5.56 Å². The van der Waals surface area contributed by atoms with Crippen LogP contribution in [0.25, 0.3) is 0 Å². The van der Waals surface area contributed by atoms with Gasteiger partial charge < -0.3 is 0 Å². The highest BCUT2D eigenvalue weighted by Gasteiger charge is 2.22. The molecular weight excluding hydrogens is 188 g/mol. The van der Waals surface area contributed by atoms with Gasteiger partial charge in [0.25, 0.3) is 0 Å². The summed E-state index contributed by atoms with van der Waals surface area (Å²) in [6.07, 6.45) is 3.48. The van der Waals surface area contributed by atoms with Crippen molar-refractivity contribution in [3.05, 3.63) is 23.9 Å². The molecule has 0 bridgehead atoms. The van der Waals surface area contributed by atoms with Crippen LogP contribution in [-0.2, 0) is 4.79 Å². The molecule has 0 spiro atoms. The number of hydrogen-bond donors (Lipinski definition) is 0. The van der Waals surface area contributed by atoms with Gasteiger partial charge in [0.15, 0.2) is 0 Å². The van der Waals surface area contributed by atoms with E-state index in [4.69, 9.17) is 0 Å². The van der Waals surface area contributed by atoms with Crippen LogP contribution in [0.1, 0.15) is 38.2 Å². The first kappa shape index (κ1) is 10.1. The van der Waals surface area contributed by atoms with Crippen molar-refractivity contribution < 1.29 is 4.79 Å². The second-order valence-corrected chi connectivity index (χ2v) is 4.25. The molecule has 2 heterocycles. The van der Waals surface area contributed by atoms with Crippen LogP contribution < -0.4 is 4.90 Å². The number of anilines is 1.